The minimum atomic E-state index is -0.322. The Bertz CT molecular complexity index is 402. The molecule has 1 fully saturated rings. The van der Waals surface area contributed by atoms with E-state index in [2.05, 4.69) is 0 Å². The second-order valence-electron chi connectivity index (χ2n) is 4.01. The number of nitrogens with zero attached hydrogens (tertiary/aromatic N) is 1. The summed E-state index contributed by atoms with van der Waals surface area (Å²) < 4.78 is 0. The van der Waals surface area contributed by atoms with Crippen molar-refractivity contribution in [3.05, 3.63) is 22.4 Å². The summed E-state index contributed by atoms with van der Waals surface area (Å²) in [4.78, 5) is 25.7. The van der Waals surface area contributed by atoms with Crippen molar-refractivity contribution in [3.63, 3.8) is 0 Å². The maximum absolute atomic E-state index is 11.6. The van der Waals surface area contributed by atoms with Gasteiger partial charge in [0.05, 0.1) is 12.0 Å². The Labute approximate surface area is 98.0 Å². The highest BCUT2D eigenvalue weighted by Crippen LogP contribution is 2.37. The normalized spacial score (nSPS) is 25.8. The van der Waals surface area contributed by atoms with Crippen molar-refractivity contribution in [2.45, 2.75) is 18.9 Å². The van der Waals surface area contributed by atoms with Gasteiger partial charge in [0.1, 0.15) is 0 Å². The monoisotopic (exact) mass is 238 g/mol. The number of carbonyl (C=O) groups is 2. The molecule has 0 unspecified atom stereocenters. The predicted molar refractivity (Wildman–Crippen MR) is 61.7 cm³/mol. The number of hydrogen-bond acceptors (Lipinski definition) is 3. The summed E-state index contributed by atoms with van der Waals surface area (Å²) in [6.07, 6.45) is 0.965. The molecule has 2 atom stereocenters. The van der Waals surface area contributed by atoms with Gasteiger partial charge in [-0.05, 0) is 17.9 Å². The van der Waals surface area contributed by atoms with E-state index in [1.165, 1.54) is 0 Å². The number of rotatable bonds is 2. The van der Waals surface area contributed by atoms with Crippen LogP contribution in [0.15, 0.2) is 17.5 Å². The Morgan fingerprint density at radius 2 is 2.38 bits per heavy atom. The summed E-state index contributed by atoms with van der Waals surface area (Å²) in [5.74, 6) is -0.505. The number of likely N-dealkylation sites (tertiary alicyclic amines) is 1. The van der Waals surface area contributed by atoms with Crippen LogP contribution in [0.5, 0.6) is 0 Å². The van der Waals surface area contributed by atoms with E-state index in [4.69, 9.17) is 5.73 Å². The molecule has 0 aromatic carbocycles. The summed E-state index contributed by atoms with van der Waals surface area (Å²) in [7, 11) is 1.74. The number of hydrogen-bond donors (Lipinski definition) is 1. The van der Waals surface area contributed by atoms with Gasteiger partial charge >= 0.3 is 0 Å². The van der Waals surface area contributed by atoms with Crippen molar-refractivity contribution in [2.24, 2.45) is 11.7 Å². The molecule has 2 rings (SSSR count). The van der Waals surface area contributed by atoms with Gasteiger partial charge in [-0.25, -0.2) is 0 Å². The molecule has 0 aliphatic carbocycles. The number of nitrogens with two attached hydrogens (primary N) is 1. The lowest BCUT2D eigenvalue weighted by molar-refractivity contribution is -0.140. The summed E-state index contributed by atoms with van der Waals surface area (Å²) in [5.41, 5.74) is 5.40. The van der Waals surface area contributed by atoms with Gasteiger partial charge in [0.15, 0.2) is 0 Å². The minimum absolute atomic E-state index is 0.0795. The smallest absolute Gasteiger partial charge is 0.223 e. The summed E-state index contributed by atoms with van der Waals surface area (Å²) >= 11 is 1.55. The third-order valence-electron chi connectivity index (χ3n) is 3.06. The quantitative estimate of drug-likeness (QED) is 0.839. The van der Waals surface area contributed by atoms with Crippen molar-refractivity contribution in [3.8, 4) is 0 Å². The third kappa shape index (κ3) is 1.82. The first-order valence-electron chi connectivity index (χ1n) is 5.19. The van der Waals surface area contributed by atoms with Crippen LogP contribution >= 0.6 is 11.3 Å². The summed E-state index contributed by atoms with van der Waals surface area (Å²) in [5, 5.41) is 1.94. The number of carbonyl (C=O) groups excluding carboxylic acids is 2. The average molecular weight is 238 g/mol. The lowest BCUT2D eigenvalue weighted by atomic mass is 9.87. The molecule has 2 heterocycles. The molecular weight excluding hydrogens is 224 g/mol. The standard InChI is InChI=1S/C11H14N2O2S/c1-13-9(14)5-4-7(11(12)15)10(13)8-3-2-6-16-8/h2-3,6-7,10H,4-5H2,1H3,(H2,12,15)/t7-,10+/m1/s1. The zero-order valence-electron chi connectivity index (χ0n) is 9.05. The molecule has 1 saturated heterocycles. The molecular formula is C11H14N2O2S. The Hall–Kier alpha value is -1.36. The highest BCUT2D eigenvalue weighted by molar-refractivity contribution is 7.10. The fourth-order valence-electron chi connectivity index (χ4n) is 2.18. The fourth-order valence-corrected chi connectivity index (χ4v) is 3.12. The van der Waals surface area contributed by atoms with Crippen LogP contribution in [0, 0.1) is 5.92 Å². The Kier molecular flexibility index (Phi) is 2.96. The van der Waals surface area contributed by atoms with Crippen LogP contribution in [0.25, 0.3) is 0 Å². The highest BCUT2D eigenvalue weighted by Gasteiger charge is 2.38. The molecule has 1 aromatic heterocycles. The van der Waals surface area contributed by atoms with Crippen LogP contribution in [0.4, 0.5) is 0 Å². The Morgan fingerprint density at radius 1 is 1.62 bits per heavy atom. The van der Waals surface area contributed by atoms with E-state index in [0.29, 0.717) is 12.8 Å². The SMILES string of the molecule is CN1C(=O)CC[C@@H](C(N)=O)[C@H]1c1cccs1. The molecule has 1 aliphatic rings. The zero-order valence-corrected chi connectivity index (χ0v) is 9.87. The van der Waals surface area contributed by atoms with Crippen molar-refractivity contribution in [1.29, 1.82) is 0 Å². The molecule has 5 heteroatoms. The second kappa shape index (κ2) is 4.25. The molecule has 16 heavy (non-hydrogen) atoms. The van der Waals surface area contributed by atoms with Crippen LogP contribution in [-0.4, -0.2) is 23.8 Å². The molecule has 2 N–H and O–H groups in total. The van der Waals surface area contributed by atoms with E-state index in [-0.39, 0.29) is 23.8 Å². The van der Waals surface area contributed by atoms with Gasteiger partial charge in [0, 0.05) is 18.3 Å². The van der Waals surface area contributed by atoms with Gasteiger partial charge in [-0.1, -0.05) is 6.07 Å². The van der Waals surface area contributed by atoms with Crippen LogP contribution in [0.1, 0.15) is 23.8 Å². The van der Waals surface area contributed by atoms with Crippen LogP contribution in [0.2, 0.25) is 0 Å². The van der Waals surface area contributed by atoms with E-state index < -0.39 is 0 Å². The van der Waals surface area contributed by atoms with Crippen LogP contribution in [-0.2, 0) is 9.59 Å². The highest BCUT2D eigenvalue weighted by atomic mass is 32.1. The fraction of sp³-hybridized carbons (Fsp3) is 0.455. The average Bonchev–Trinajstić information content (AvgIpc) is 2.74. The van der Waals surface area contributed by atoms with Crippen LogP contribution in [0.3, 0.4) is 0 Å². The molecule has 0 spiro atoms. The van der Waals surface area contributed by atoms with E-state index in [1.807, 2.05) is 17.5 Å². The van der Waals surface area contributed by atoms with E-state index in [9.17, 15) is 9.59 Å². The zero-order chi connectivity index (χ0) is 11.7. The van der Waals surface area contributed by atoms with Crippen molar-refractivity contribution < 1.29 is 9.59 Å². The molecule has 0 bridgehead atoms. The summed E-state index contributed by atoms with van der Waals surface area (Å²) in [6, 6.07) is 3.68. The molecule has 2 amide bonds. The molecule has 1 aliphatic heterocycles. The first kappa shape index (κ1) is 11.1. The molecule has 1 aromatic rings. The predicted octanol–water partition coefficient (Wildman–Crippen LogP) is 1.14. The molecule has 0 saturated carbocycles. The van der Waals surface area contributed by atoms with Crippen LogP contribution < -0.4 is 5.73 Å². The largest absolute Gasteiger partial charge is 0.369 e. The van der Waals surface area contributed by atoms with E-state index in [1.54, 1.807) is 23.3 Å². The lowest BCUT2D eigenvalue weighted by Gasteiger charge is -2.36. The van der Waals surface area contributed by atoms with Gasteiger partial charge in [0.2, 0.25) is 11.8 Å². The topological polar surface area (TPSA) is 63.4 Å². The summed E-state index contributed by atoms with van der Waals surface area (Å²) in [6.45, 7) is 0. The first-order valence-corrected chi connectivity index (χ1v) is 6.07. The second-order valence-corrected chi connectivity index (χ2v) is 4.99. The minimum Gasteiger partial charge on any atom is -0.369 e. The van der Waals surface area contributed by atoms with Gasteiger partial charge in [-0.3, -0.25) is 9.59 Å². The lowest BCUT2D eigenvalue weighted by Crippen LogP contribution is -2.44. The number of piperidine rings is 1. The Morgan fingerprint density at radius 3 is 2.94 bits per heavy atom. The maximum atomic E-state index is 11.6. The van der Waals surface area contributed by atoms with Crippen molar-refractivity contribution >= 4 is 23.2 Å². The third-order valence-corrected chi connectivity index (χ3v) is 4.00. The van der Waals surface area contributed by atoms with Gasteiger partial charge in [-0.2, -0.15) is 0 Å². The molecule has 4 nitrogen and oxygen atoms in total. The van der Waals surface area contributed by atoms with E-state index >= 15 is 0 Å². The number of primary amides is 1. The maximum Gasteiger partial charge on any atom is 0.223 e. The van der Waals surface area contributed by atoms with Gasteiger partial charge in [-0.15, -0.1) is 11.3 Å². The van der Waals surface area contributed by atoms with Gasteiger partial charge < -0.3 is 10.6 Å². The Balaban J connectivity index is 2.34. The number of thiophene rings is 1. The van der Waals surface area contributed by atoms with Crippen molar-refractivity contribution in [2.75, 3.05) is 7.05 Å². The van der Waals surface area contributed by atoms with Gasteiger partial charge in [0.25, 0.3) is 0 Å². The van der Waals surface area contributed by atoms with E-state index in [0.717, 1.165) is 4.88 Å². The molecule has 86 valence electrons. The van der Waals surface area contributed by atoms with Crippen molar-refractivity contribution in [1.82, 2.24) is 4.90 Å². The molecule has 0 radical (unpaired) electrons. The first-order chi connectivity index (χ1) is 7.61. The number of amides is 2.